The highest BCUT2D eigenvalue weighted by molar-refractivity contribution is 7.21. The van der Waals surface area contributed by atoms with Crippen molar-refractivity contribution in [2.45, 2.75) is 6.18 Å². The Morgan fingerprint density at radius 3 is 2.29 bits per heavy atom. The van der Waals surface area contributed by atoms with Crippen molar-refractivity contribution in [2.75, 3.05) is 0 Å². The number of hydrogen-bond donors (Lipinski definition) is 3. The van der Waals surface area contributed by atoms with Gasteiger partial charge in [-0.3, -0.25) is 9.59 Å². The number of amides is 1. The van der Waals surface area contributed by atoms with Crippen LogP contribution < -0.4 is 11.3 Å². The Morgan fingerprint density at radius 1 is 1.17 bits per heavy atom. The Labute approximate surface area is 135 Å². The monoisotopic (exact) mass is 358 g/mol. The number of halogens is 3. The van der Waals surface area contributed by atoms with Crippen molar-refractivity contribution < 1.29 is 27.9 Å². The number of aromatic amines is 1. The van der Waals surface area contributed by atoms with Crippen LogP contribution in [0.15, 0.2) is 35.1 Å². The molecule has 0 radical (unpaired) electrons. The molecule has 0 spiro atoms. The lowest BCUT2D eigenvalue weighted by Crippen LogP contribution is -2.21. The fourth-order valence-corrected chi connectivity index (χ4v) is 2.91. The van der Waals surface area contributed by atoms with E-state index in [1.807, 2.05) is 24.3 Å². The number of primary amides is 1. The van der Waals surface area contributed by atoms with E-state index in [0.29, 0.717) is 10.3 Å². The van der Waals surface area contributed by atoms with Gasteiger partial charge in [0, 0.05) is 15.6 Å². The van der Waals surface area contributed by atoms with E-state index in [0.717, 1.165) is 15.6 Å². The van der Waals surface area contributed by atoms with E-state index in [1.165, 1.54) is 11.3 Å². The minimum atomic E-state index is -5.08. The van der Waals surface area contributed by atoms with Gasteiger partial charge in [-0.1, -0.05) is 18.2 Å². The quantitative estimate of drug-likeness (QED) is 0.620. The molecule has 126 valence electrons. The van der Waals surface area contributed by atoms with Crippen molar-refractivity contribution in [3.05, 3.63) is 45.6 Å². The van der Waals surface area contributed by atoms with Crippen LogP contribution >= 0.6 is 11.3 Å². The predicted molar refractivity (Wildman–Crippen MR) is 82.2 cm³/mol. The number of para-hydroxylation sites is 1. The Hall–Kier alpha value is -2.88. The number of carboxylic acid groups (broad SMARTS) is 1. The summed E-state index contributed by atoms with van der Waals surface area (Å²) in [6.07, 6.45) is -5.08. The number of aliphatic carboxylic acids is 1. The summed E-state index contributed by atoms with van der Waals surface area (Å²) in [6, 6.07) is 9.04. The molecule has 0 saturated carbocycles. The average molecular weight is 358 g/mol. The van der Waals surface area contributed by atoms with Crippen LogP contribution in [0.3, 0.4) is 0 Å². The van der Waals surface area contributed by atoms with Gasteiger partial charge in [-0.15, -0.1) is 11.3 Å². The summed E-state index contributed by atoms with van der Waals surface area (Å²) in [5.41, 5.74) is 5.81. The van der Waals surface area contributed by atoms with E-state index >= 15 is 0 Å². The Balaban J connectivity index is 0.000000256. The number of alkyl halides is 3. The van der Waals surface area contributed by atoms with Crippen molar-refractivity contribution in [3.63, 3.8) is 0 Å². The number of carboxylic acids is 1. The molecule has 0 aliphatic heterocycles. The van der Waals surface area contributed by atoms with Gasteiger partial charge in [0.05, 0.1) is 10.3 Å². The second-order valence-corrected chi connectivity index (χ2v) is 5.57. The van der Waals surface area contributed by atoms with Gasteiger partial charge >= 0.3 is 12.1 Å². The lowest BCUT2D eigenvalue weighted by molar-refractivity contribution is -0.192. The molecule has 0 bridgehead atoms. The zero-order chi connectivity index (χ0) is 18.1. The van der Waals surface area contributed by atoms with E-state index in [1.54, 1.807) is 6.07 Å². The first-order valence-corrected chi connectivity index (χ1v) is 7.07. The molecular weight excluding hydrogens is 349 g/mol. The summed E-state index contributed by atoms with van der Waals surface area (Å²) in [7, 11) is 0. The zero-order valence-electron chi connectivity index (χ0n) is 11.7. The first kappa shape index (κ1) is 17.5. The number of carbonyl (C=O) groups is 2. The minimum absolute atomic E-state index is 0.192. The molecule has 0 aliphatic carbocycles. The summed E-state index contributed by atoms with van der Waals surface area (Å²) in [5, 5.41) is 8.57. The maximum Gasteiger partial charge on any atom is 0.490 e. The van der Waals surface area contributed by atoms with Crippen LogP contribution in [0.1, 0.15) is 9.67 Å². The van der Waals surface area contributed by atoms with Crippen molar-refractivity contribution in [1.82, 2.24) is 4.98 Å². The summed E-state index contributed by atoms with van der Waals surface area (Å²) in [4.78, 5) is 35.1. The average Bonchev–Trinajstić information content (AvgIpc) is 2.93. The van der Waals surface area contributed by atoms with Crippen molar-refractivity contribution in [1.29, 1.82) is 0 Å². The van der Waals surface area contributed by atoms with E-state index < -0.39 is 18.1 Å². The highest BCUT2D eigenvalue weighted by Gasteiger charge is 2.38. The number of benzene rings is 1. The highest BCUT2D eigenvalue weighted by atomic mass is 32.1. The van der Waals surface area contributed by atoms with Crippen molar-refractivity contribution >= 4 is 44.2 Å². The first-order chi connectivity index (χ1) is 11.1. The molecule has 2 heterocycles. The summed E-state index contributed by atoms with van der Waals surface area (Å²) >= 11 is 1.25. The molecule has 0 fully saturated rings. The Kier molecular flexibility index (Phi) is 4.60. The number of carbonyl (C=O) groups excluding carboxylic acids is 1. The third-order valence-corrected chi connectivity index (χ3v) is 4.06. The van der Waals surface area contributed by atoms with Gasteiger partial charge in [0.2, 0.25) is 0 Å². The van der Waals surface area contributed by atoms with Gasteiger partial charge in [-0.25, -0.2) is 4.79 Å². The maximum atomic E-state index is 11.8. The smallest absolute Gasteiger partial charge is 0.475 e. The molecule has 4 N–H and O–H groups in total. The van der Waals surface area contributed by atoms with Gasteiger partial charge in [-0.2, -0.15) is 13.2 Å². The molecule has 3 aromatic rings. The van der Waals surface area contributed by atoms with Crippen LogP contribution in [0, 0.1) is 0 Å². The van der Waals surface area contributed by atoms with E-state index in [-0.39, 0.29) is 5.56 Å². The minimum Gasteiger partial charge on any atom is -0.475 e. The van der Waals surface area contributed by atoms with E-state index in [4.69, 9.17) is 15.6 Å². The number of H-pyrrole nitrogens is 1. The van der Waals surface area contributed by atoms with E-state index in [9.17, 15) is 22.8 Å². The van der Waals surface area contributed by atoms with Gasteiger partial charge in [-0.05, 0) is 12.1 Å². The topological polar surface area (TPSA) is 113 Å². The summed E-state index contributed by atoms with van der Waals surface area (Å²) in [5.74, 6) is -3.26. The van der Waals surface area contributed by atoms with Gasteiger partial charge in [0.15, 0.2) is 0 Å². The molecule has 2 aromatic heterocycles. The van der Waals surface area contributed by atoms with Crippen LogP contribution in [0.2, 0.25) is 0 Å². The van der Waals surface area contributed by atoms with Crippen molar-refractivity contribution in [3.8, 4) is 0 Å². The molecule has 24 heavy (non-hydrogen) atoms. The normalized spacial score (nSPS) is 11.1. The molecule has 0 atom stereocenters. The van der Waals surface area contributed by atoms with Crippen LogP contribution in [0.5, 0.6) is 0 Å². The number of thiophene rings is 1. The highest BCUT2D eigenvalue weighted by Crippen LogP contribution is 2.28. The molecule has 0 aliphatic rings. The molecule has 1 aromatic carbocycles. The van der Waals surface area contributed by atoms with Crippen LogP contribution in [-0.2, 0) is 4.79 Å². The number of rotatable bonds is 1. The molecule has 0 unspecified atom stereocenters. The number of aromatic nitrogens is 1. The molecule has 1 amide bonds. The van der Waals surface area contributed by atoms with Gasteiger partial charge < -0.3 is 15.8 Å². The zero-order valence-corrected chi connectivity index (χ0v) is 12.5. The van der Waals surface area contributed by atoms with Crippen LogP contribution in [0.4, 0.5) is 13.2 Å². The number of nitrogens with one attached hydrogen (secondary N) is 1. The molecular formula is C14H9F3N2O4S. The number of nitrogens with two attached hydrogens (primary N) is 1. The lowest BCUT2D eigenvalue weighted by atomic mass is 10.2. The van der Waals surface area contributed by atoms with Crippen molar-refractivity contribution in [2.24, 2.45) is 5.73 Å². The Morgan fingerprint density at radius 2 is 1.75 bits per heavy atom. The lowest BCUT2D eigenvalue weighted by Gasteiger charge is -1.97. The standard InChI is InChI=1S/C12H8N2O2S.C2HF3O2/c13-11(15)9-5-7-10(17-9)6-3-1-2-4-8(6)14-12(7)16;3-2(4,5)1(6)7/h1-5H,(H2,13,15)(H,14,16);(H,6,7). The molecule has 6 nitrogen and oxygen atoms in total. The molecule has 3 rings (SSSR count). The third kappa shape index (κ3) is 3.54. The van der Waals surface area contributed by atoms with Crippen LogP contribution in [0.25, 0.3) is 21.0 Å². The van der Waals surface area contributed by atoms with Gasteiger partial charge in [0.25, 0.3) is 11.5 Å². The maximum absolute atomic E-state index is 11.8. The third-order valence-electron chi connectivity index (χ3n) is 2.88. The fraction of sp³-hybridized carbons (Fsp3) is 0.0714. The summed E-state index contributed by atoms with van der Waals surface area (Å²) < 4.78 is 32.5. The number of hydrogen-bond acceptors (Lipinski definition) is 4. The molecule has 10 heteroatoms. The summed E-state index contributed by atoms with van der Waals surface area (Å²) in [6.45, 7) is 0. The SMILES string of the molecule is NC(=O)c1cc2c(=O)[nH]c3ccccc3c2s1.O=C(O)C(F)(F)F. The second-order valence-electron chi connectivity index (χ2n) is 4.52. The molecule has 0 saturated heterocycles. The Bertz CT molecular complexity index is 991. The largest absolute Gasteiger partial charge is 0.490 e. The van der Waals surface area contributed by atoms with E-state index in [2.05, 4.69) is 4.98 Å². The first-order valence-electron chi connectivity index (χ1n) is 6.25. The van der Waals surface area contributed by atoms with Gasteiger partial charge in [0.1, 0.15) is 0 Å². The predicted octanol–water partition coefficient (Wildman–Crippen LogP) is 2.48. The van der Waals surface area contributed by atoms with Crippen LogP contribution in [-0.4, -0.2) is 28.1 Å². The number of fused-ring (bicyclic) bond motifs is 3. The number of pyridine rings is 1. The fourth-order valence-electron chi connectivity index (χ4n) is 1.86. The second kappa shape index (κ2) is 6.32.